The Balaban J connectivity index is 2.80. The predicted molar refractivity (Wildman–Crippen MR) is 94.7 cm³/mol. The number of nitrogens with one attached hydrogen (secondary N) is 1. The molecular formula is C19H24N2O4. The molecule has 1 aromatic rings. The molecular weight excluding hydrogens is 320 g/mol. The minimum atomic E-state index is -0.996. The van der Waals surface area contributed by atoms with E-state index >= 15 is 0 Å². The minimum absolute atomic E-state index is 0.181. The van der Waals surface area contributed by atoms with E-state index in [1.807, 2.05) is 27.7 Å². The standard InChI is InChI=1S/C19H24N2O4/c1-6-24-16-9-7-14(8-10-16)11-15(12-20)18(23)25-13(2)17(22)21-19(3,4)5/h7-11,13H,6H2,1-5H3,(H,21,22)/b15-11+/t13-/m0/s1. The molecule has 0 saturated heterocycles. The monoisotopic (exact) mass is 344 g/mol. The van der Waals surface area contributed by atoms with E-state index in [2.05, 4.69) is 5.32 Å². The van der Waals surface area contributed by atoms with Gasteiger partial charge in [0, 0.05) is 5.54 Å². The van der Waals surface area contributed by atoms with Crippen LogP contribution in [0.5, 0.6) is 5.75 Å². The molecule has 0 heterocycles. The van der Waals surface area contributed by atoms with Crippen molar-refractivity contribution in [3.63, 3.8) is 0 Å². The molecule has 1 rings (SSSR count). The average molecular weight is 344 g/mol. The van der Waals surface area contributed by atoms with Crippen LogP contribution in [0.25, 0.3) is 6.08 Å². The van der Waals surface area contributed by atoms with Gasteiger partial charge in [-0.25, -0.2) is 4.79 Å². The fourth-order valence-electron chi connectivity index (χ4n) is 1.88. The number of hydrogen-bond acceptors (Lipinski definition) is 5. The van der Waals surface area contributed by atoms with E-state index in [0.717, 1.165) is 0 Å². The molecule has 25 heavy (non-hydrogen) atoms. The van der Waals surface area contributed by atoms with Crippen LogP contribution < -0.4 is 10.1 Å². The third-order valence-corrected chi connectivity index (χ3v) is 2.99. The summed E-state index contributed by atoms with van der Waals surface area (Å²) in [4.78, 5) is 24.1. The van der Waals surface area contributed by atoms with Crippen LogP contribution in [0.15, 0.2) is 29.8 Å². The molecule has 6 nitrogen and oxygen atoms in total. The van der Waals surface area contributed by atoms with Gasteiger partial charge in [0.05, 0.1) is 6.61 Å². The van der Waals surface area contributed by atoms with Crippen molar-refractivity contribution in [1.82, 2.24) is 5.32 Å². The van der Waals surface area contributed by atoms with Crippen molar-refractivity contribution in [2.24, 2.45) is 0 Å². The molecule has 0 radical (unpaired) electrons. The molecule has 1 aromatic carbocycles. The van der Waals surface area contributed by atoms with Gasteiger partial charge in [-0.3, -0.25) is 4.79 Å². The zero-order valence-corrected chi connectivity index (χ0v) is 15.3. The van der Waals surface area contributed by atoms with Gasteiger partial charge in [-0.05, 0) is 58.4 Å². The normalized spacial score (nSPS) is 12.7. The highest BCUT2D eigenvalue weighted by atomic mass is 16.5. The average Bonchev–Trinajstić information content (AvgIpc) is 2.52. The highest BCUT2D eigenvalue weighted by Gasteiger charge is 2.23. The number of carbonyl (C=O) groups is 2. The Labute approximate surface area is 148 Å². The summed E-state index contributed by atoms with van der Waals surface area (Å²) < 4.78 is 10.4. The van der Waals surface area contributed by atoms with Crippen molar-refractivity contribution in [3.8, 4) is 11.8 Å². The molecule has 1 amide bonds. The lowest BCUT2D eigenvalue weighted by Crippen LogP contribution is -2.46. The summed E-state index contributed by atoms with van der Waals surface area (Å²) >= 11 is 0. The second kappa shape index (κ2) is 8.88. The molecule has 0 unspecified atom stereocenters. The summed E-state index contributed by atoms with van der Waals surface area (Å²) in [5.41, 5.74) is 0.0387. The van der Waals surface area contributed by atoms with E-state index in [1.165, 1.54) is 13.0 Å². The first-order valence-electron chi connectivity index (χ1n) is 8.04. The zero-order chi connectivity index (χ0) is 19.0. The van der Waals surface area contributed by atoms with Gasteiger partial charge >= 0.3 is 5.97 Å². The van der Waals surface area contributed by atoms with Crippen molar-refractivity contribution in [3.05, 3.63) is 35.4 Å². The van der Waals surface area contributed by atoms with Crippen LogP contribution >= 0.6 is 0 Å². The summed E-state index contributed by atoms with van der Waals surface area (Å²) in [6.07, 6.45) is 0.413. The Hall–Kier alpha value is -2.81. The van der Waals surface area contributed by atoms with Gasteiger partial charge in [-0.1, -0.05) is 12.1 Å². The smallest absolute Gasteiger partial charge is 0.349 e. The van der Waals surface area contributed by atoms with Crippen molar-refractivity contribution in [1.29, 1.82) is 5.26 Å². The fourth-order valence-corrected chi connectivity index (χ4v) is 1.88. The number of benzene rings is 1. The molecule has 0 saturated carbocycles. The van der Waals surface area contributed by atoms with Gasteiger partial charge in [0.15, 0.2) is 6.10 Å². The number of rotatable bonds is 6. The summed E-state index contributed by atoms with van der Waals surface area (Å²) in [6.45, 7) is 9.38. The molecule has 0 aromatic heterocycles. The zero-order valence-electron chi connectivity index (χ0n) is 15.3. The number of nitriles is 1. The maximum absolute atomic E-state index is 12.1. The maximum Gasteiger partial charge on any atom is 0.349 e. The fraction of sp³-hybridized carbons (Fsp3) is 0.421. The van der Waals surface area contributed by atoms with Crippen molar-refractivity contribution in [2.75, 3.05) is 6.61 Å². The summed E-state index contributed by atoms with van der Waals surface area (Å²) in [7, 11) is 0. The molecule has 0 aliphatic carbocycles. The number of esters is 1. The molecule has 0 bridgehead atoms. The van der Waals surface area contributed by atoms with Gasteiger partial charge < -0.3 is 14.8 Å². The predicted octanol–water partition coefficient (Wildman–Crippen LogP) is 2.84. The van der Waals surface area contributed by atoms with Crippen LogP contribution in [0.4, 0.5) is 0 Å². The number of nitrogens with zero attached hydrogens (tertiary/aromatic N) is 1. The van der Waals surface area contributed by atoms with Crippen molar-refractivity contribution in [2.45, 2.75) is 46.3 Å². The second-order valence-electron chi connectivity index (χ2n) is 6.46. The molecule has 1 atom stereocenters. The largest absolute Gasteiger partial charge is 0.494 e. The lowest BCUT2D eigenvalue weighted by atomic mass is 10.1. The molecule has 6 heteroatoms. The SMILES string of the molecule is CCOc1ccc(/C=C(\C#N)C(=O)O[C@@H](C)C(=O)NC(C)(C)C)cc1. The van der Waals surface area contributed by atoms with Crippen LogP contribution in [-0.4, -0.2) is 30.1 Å². The Kier molecular flexibility index (Phi) is 7.19. The van der Waals surface area contributed by atoms with Crippen LogP contribution in [0.1, 0.15) is 40.2 Å². The highest BCUT2D eigenvalue weighted by Crippen LogP contribution is 2.15. The van der Waals surface area contributed by atoms with Gasteiger partial charge in [-0.15, -0.1) is 0 Å². The first kappa shape index (κ1) is 20.2. The van der Waals surface area contributed by atoms with Crippen molar-refractivity contribution < 1.29 is 19.1 Å². The van der Waals surface area contributed by atoms with Crippen LogP contribution in [0.2, 0.25) is 0 Å². The number of amides is 1. The highest BCUT2D eigenvalue weighted by molar-refractivity contribution is 5.99. The maximum atomic E-state index is 12.1. The topological polar surface area (TPSA) is 88.4 Å². The lowest BCUT2D eigenvalue weighted by molar-refractivity contribution is -0.151. The first-order chi connectivity index (χ1) is 11.7. The van der Waals surface area contributed by atoms with E-state index in [0.29, 0.717) is 17.9 Å². The van der Waals surface area contributed by atoms with E-state index in [-0.39, 0.29) is 5.57 Å². The van der Waals surface area contributed by atoms with E-state index in [1.54, 1.807) is 30.3 Å². The first-order valence-corrected chi connectivity index (χ1v) is 8.04. The third kappa shape index (κ3) is 7.08. The second-order valence-corrected chi connectivity index (χ2v) is 6.46. The summed E-state index contributed by atoms with van der Waals surface area (Å²) in [6, 6.07) is 8.75. The molecule has 0 fully saturated rings. The summed E-state index contributed by atoms with van der Waals surface area (Å²) in [5.74, 6) is -0.555. The molecule has 1 N–H and O–H groups in total. The number of ether oxygens (including phenoxy) is 2. The van der Waals surface area contributed by atoms with Crippen LogP contribution in [-0.2, 0) is 14.3 Å². The lowest BCUT2D eigenvalue weighted by Gasteiger charge is -2.23. The quantitative estimate of drug-likeness (QED) is 0.487. The molecule has 0 spiro atoms. The van der Waals surface area contributed by atoms with Crippen LogP contribution in [0, 0.1) is 11.3 Å². The third-order valence-electron chi connectivity index (χ3n) is 2.99. The Morgan fingerprint density at radius 3 is 2.36 bits per heavy atom. The summed E-state index contributed by atoms with van der Waals surface area (Å²) in [5, 5.41) is 11.9. The molecule has 0 aliphatic rings. The number of carbonyl (C=O) groups excluding carboxylic acids is 2. The van der Waals surface area contributed by atoms with Gasteiger partial charge in [0.2, 0.25) is 0 Å². The number of hydrogen-bond donors (Lipinski definition) is 1. The van der Waals surface area contributed by atoms with E-state index in [9.17, 15) is 14.9 Å². The Bertz CT molecular complexity index is 679. The van der Waals surface area contributed by atoms with E-state index < -0.39 is 23.5 Å². The molecule has 0 aliphatic heterocycles. The minimum Gasteiger partial charge on any atom is -0.494 e. The van der Waals surface area contributed by atoms with Gasteiger partial charge in [0.1, 0.15) is 17.4 Å². The Morgan fingerprint density at radius 2 is 1.88 bits per heavy atom. The van der Waals surface area contributed by atoms with Gasteiger partial charge in [-0.2, -0.15) is 5.26 Å². The van der Waals surface area contributed by atoms with Crippen LogP contribution in [0.3, 0.4) is 0 Å². The van der Waals surface area contributed by atoms with Gasteiger partial charge in [0.25, 0.3) is 5.91 Å². The van der Waals surface area contributed by atoms with Crippen molar-refractivity contribution >= 4 is 18.0 Å². The Morgan fingerprint density at radius 1 is 1.28 bits per heavy atom. The molecule has 134 valence electrons. The van der Waals surface area contributed by atoms with E-state index in [4.69, 9.17) is 9.47 Å².